The van der Waals surface area contributed by atoms with E-state index in [1.54, 1.807) is 5.51 Å². The van der Waals surface area contributed by atoms with E-state index in [1.807, 2.05) is 0 Å². The first kappa shape index (κ1) is 15.8. The molecule has 1 saturated carbocycles. The van der Waals surface area contributed by atoms with E-state index in [-0.39, 0.29) is 16.6 Å². The summed E-state index contributed by atoms with van der Waals surface area (Å²) in [4.78, 5) is 27.9. The predicted molar refractivity (Wildman–Crippen MR) is 85.2 cm³/mol. The molecule has 23 heavy (non-hydrogen) atoms. The highest BCUT2D eigenvalue weighted by Gasteiger charge is 2.32. The van der Waals surface area contributed by atoms with E-state index in [1.165, 1.54) is 31.2 Å². The highest BCUT2D eigenvalue weighted by atomic mass is 32.2. The van der Waals surface area contributed by atoms with Gasteiger partial charge in [0.25, 0.3) is 15.9 Å². The number of rotatable bonds is 5. The molecule has 1 aromatic heterocycles. The third-order valence-corrected chi connectivity index (χ3v) is 5.75. The molecule has 120 valence electrons. The van der Waals surface area contributed by atoms with Gasteiger partial charge in [-0.2, -0.15) is 0 Å². The number of carbonyl (C=O) groups excluding carboxylic acids is 2. The number of nitrogens with zero attached hydrogens (tertiary/aromatic N) is 1. The van der Waals surface area contributed by atoms with Crippen molar-refractivity contribution in [1.82, 2.24) is 9.71 Å². The fourth-order valence-corrected chi connectivity index (χ4v) is 3.96. The molecular weight excluding hydrogens is 336 g/mol. The summed E-state index contributed by atoms with van der Waals surface area (Å²) in [5.74, 6) is -0.554. The second-order valence-corrected chi connectivity index (χ2v) is 7.89. The van der Waals surface area contributed by atoms with Gasteiger partial charge in [-0.15, -0.1) is 11.3 Å². The van der Waals surface area contributed by atoms with E-state index < -0.39 is 15.9 Å². The highest BCUT2D eigenvalue weighted by Crippen LogP contribution is 2.41. The van der Waals surface area contributed by atoms with Crippen LogP contribution in [0.3, 0.4) is 0 Å². The second kappa shape index (κ2) is 5.86. The number of carbonyl (C=O) groups is 2. The molecule has 1 amide bonds. The standard InChI is InChI=1S/C15H14N2O4S2/c1-9(18)10-4-6-12(7-5-10)23(20,21)17-15(19)14-13(11-2-3-11)16-8-22-14/h4-8,11H,2-3H2,1H3,(H,17,19). The molecule has 1 N–H and O–H groups in total. The number of hydrogen-bond donors (Lipinski definition) is 1. The van der Waals surface area contributed by atoms with Crippen LogP contribution in [-0.4, -0.2) is 25.1 Å². The van der Waals surface area contributed by atoms with E-state index in [4.69, 9.17) is 0 Å². The van der Waals surface area contributed by atoms with E-state index in [0.29, 0.717) is 16.1 Å². The van der Waals surface area contributed by atoms with Crippen molar-refractivity contribution in [3.8, 4) is 0 Å². The van der Waals surface area contributed by atoms with Gasteiger partial charge in [-0.1, -0.05) is 12.1 Å². The average Bonchev–Trinajstić information content (AvgIpc) is 3.23. The Bertz CT molecular complexity index is 865. The smallest absolute Gasteiger partial charge is 0.277 e. The Morgan fingerprint density at radius 2 is 1.87 bits per heavy atom. The van der Waals surface area contributed by atoms with Crippen LogP contribution in [0.5, 0.6) is 0 Å². The summed E-state index contributed by atoms with van der Waals surface area (Å²) in [5.41, 5.74) is 2.64. The Kier molecular flexibility index (Phi) is 4.03. The van der Waals surface area contributed by atoms with Gasteiger partial charge in [0.1, 0.15) is 4.88 Å². The van der Waals surface area contributed by atoms with Crippen LogP contribution >= 0.6 is 11.3 Å². The Labute approximate surface area is 137 Å². The highest BCUT2D eigenvalue weighted by molar-refractivity contribution is 7.90. The molecule has 0 saturated heterocycles. The fourth-order valence-electron chi connectivity index (χ4n) is 2.17. The van der Waals surface area contributed by atoms with Crippen molar-refractivity contribution in [3.63, 3.8) is 0 Å². The summed E-state index contributed by atoms with van der Waals surface area (Å²) < 4.78 is 26.6. The largest absolute Gasteiger partial charge is 0.295 e. The van der Waals surface area contributed by atoms with Crippen LogP contribution in [0.25, 0.3) is 0 Å². The van der Waals surface area contributed by atoms with Crippen molar-refractivity contribution in [1.29, 1.82) is 0 Å². The summed E-state index contributed by atoms with van der Waals surface area (Å²) in [6, 6.07) is 5.45. The lowest BCUT2D eigenvalue weighted by atomic mass is 10.2. The first-order valence-corrected chi connectivity index (χ1v) is 9.36. The lowest BCUT2D eigenvalue weighted by Crippen LogP contribution is -2.30. The molecule has 6 nitrogen and oxygen atoms in total. The Morgan fingerprint density at radius 1 is 1.22 bits per heavy atom. The normalized spacial score (nSPS) is 14.5. The molecule has 0 spiro atoms. The summed E-state index contributed by atoms with van der Waals surface area (Å²) in [6.07, 6.45) is 1.95. The minimum absolute atomic E-state index is 0.0617. The van der Waals surface area contributed by atoms with E-state index in [9.17, 15) is 18.0 Å². The Hall–Kier alpha value is -2.06. The predicted octanol–water partition coefficient (Wildman–Crippen LogP) is 2.34. The first-order valence-electron chi connectivity index (χ1n) is 7.00. The van der Waals surface area contributed by atoms with Gasteiger partial charge in [0, 0.05) is 11.5 Å². The van der Waals surface area contributed by atoms with Crippen molar-refractivity contribution < 1.29 is 18.0 Å². The van der Waals surface area contributed by atoms with Gasteiger partial charge in [0.15, 0.2) is 5.78 Å². The number of ketones is 1. The summed E-state index contributed by atoms with van der Waals surface area (Å²) >= 11 is 1.14. The molecular formula is C15H14N2O4S2. The topological polar surface area (TPSA) is 93.2 Å². The molecule has 8 heteroatoms. The first-order chi connectivity index (χ1) is 10.9. The van der Waals surface area contributed by atoms with E-state index >= 15 is 0 Å². The maximum atomic E-state index is 12.3. The monoisotopic (exact) mass is 350 g/mol. The number of aromatic nitrogens is 1. The SMILES string of the molecule is CC(=O)c1ccc(S(=O)(=O)NC(=O)c2scnc2C2CC2)cc1. The number of Topliss-reactive ketones (excluding diaryl/α,β-unsaturated/α-hetero) is 1. The molecule has 3 rings (SSSR count). The zero-order chi connectivity index (χ0) is 16.6. The van der Waals surface area contributed by atoms with Gasteiger partial charge >= 0.3 is 0 Å². The molecule has 1 aliphatic rings. The third kappa shape index (κ3) is 3.32. The molecule has 1 heterocycles. The Balaban J connectivity index is 1.81. The van der Waals surface area contributed by atoms with Crippen LogP contribution in [0.1, 0.15) is 51.4 Å². The average molecular weight is 350 g/mol. The van der Waals surface area contributed by atoms with Gasteiger partial charge in [-0.25, -0.2) is 18.1 Å². The van der Waals surface area contributed by atoms with Crippen molar-refractivity contribution in [2.45, 2.75) is 30.6 Å². The van der Waals surface area contributed by atoms with Gasteiger partial charge in [0.05, 0.1) is 16.1 Å². The zero-order valence-corrected chi connectivity index (χ0v) is 13.9. The van der Waals surface area contributed by atoms with Crippen LogP contribution in [0.2, 0.25) is 0 Å². The number of nitrogens with one attached hydrogen (secondary N) is 1. The summed E-state index contributed by atoms with van der Waals surface area (Å²) in [6.45, 7) is 1.40. The van der Waals surface area contributed by atoms with Crippen LogP contribution < -0.4 is 4.72 Å². The maximum Gasteiger partial charge on any atom is 0.277 e. The minimum atomic E-state index is -3.98. The molecule has 0 unspecified atom stereocenters. The quantitative estimate of drug-likeness (QED) is 0.836. The van der Waals surface area contributed by atoms with Crippen molar-refractivity contribution in [2.24, 2.45) is 0 Å². The van der Waals surface area contributed by atoms with Gasteiger partial charge in [-0.3, -0.25) is 9.59 Å². The number of amides is 1. The van der Waals surface area contributed by atoms with E-state index in [0.717, 1.165) is 24.2 Å². The lowest BCUT2D eigenvalue weighted by molar-refractivity contribution is 0.0981. The summed E-state index contributed by atoms with van der Waals surface area (Å²) in [5, 5.41) is 0. The van der Waals surface area contributed by atoms with Crippen LogP contribution in [-0.2, 0) is 10.0 Å². The van der Waals surface area contributed by atoms with Crippen LogP contribution in [0, 0.1) is 0 Å². The van der Waals surface area contributed by atoms with Crippen molar-refractivity contribution in [3.05, 3.63) is 45.9 Å². The molecule has 1 aliphatic carbocycles. The molecule has 0 atom stereocenters. The second-order valence-electron chi connectivity index (χ2n) is 5.36. The number of benzene rings is 1. The van der Waals surface area contributed by atoms with Crippen LogP contribution in [0.15, 0.2) is 34.7 Å². The molecule has 0 bridgehead atoms. The molecule has 1 fully saturated rings. The molecule has 0 aliphatic heterocycles. The van der Waals surface area contributed by atoms with Crippen LogP contribution in [0.4, 0.5) is 0 Å². The fraction of sp³-hybridized carbons (Fsp3) is 0.267. The number of thiazole rings is 1. The van der Waals surface area contributed by atoms with Crippen molar-refractivity contribution >= 4 is 33.1 Å². The molecule has 0 radical (unpaired) electrons. The van der Waals surface area contributed by atoms with Gasteiger partial charge < -0.3 is 0 Å². The zero-order valence-electron chi connectivity index (χ0n) is 12.3. The van der Waals surface area contributed by atoms with Gasteiger partial charge in [0.2, 0.25) is 0 Å². The molecule has 1 aromatic carbocycles. The lowest BCUT2D eigenvalue weighted by Gasteiger charge is -2.07. The Morgan fingerprint density at radius 3 is 2.43 bits per heavy atom. The van der Waals surface area contributed by atoms with Crippen molar-refractivity contribution in [2.75, 3.05) is 0 Å². The molecule has 2 aromatic rings. The number of sulfonamides is 1. The maximum absolute atomic E-state index is 12.3. The van der Waals surface area contributed by atoms with Gasteiger partial charge in [-0.05, 0) is 31.9 Å². The van der Waals surface area contributed by atoms with E-state index in [2.05, 4.69) is 9.71 Å². The minimum Gasteiger partial charge on any atom is -0.295 e. The third-order valence-electron chi connectivity index (χ3n) is 3.56. The summed E-state index contributed by atoms with van der Waals surface area (Å²) in [7, 11) is -3.98. The number of hydrogen-bond acceptors (Lipinski definition) is 6.